The van der Waals surface area contributed by atoms with E-state index in [1.54, 1.807) is 0 Å². The maximum Gasteiger partial charge on any atom is 0.197 e. The molecule has 0 bridgehead atoms. The standard InChI is InChI=1S/C13H17NO/c1-9(2)12-14-10-7-5-6-8-13(3,4)11(10)15-12/h5-9H,1-4H3. The molecule has 0 spiro atoms. The lowest BCUT2D eigenvalue weighted by molar-refractivity contribution is 0.391. The normalized spacial score (nSPS) is 17.9. The number of aromatic nitrogens is 1. The number of hydrogen-bond acceptors (Lipinski definition) is 2. The molecule has 0 saturated carbocycles. The van der Waals surface area contributed by atoms with Gasteiger partial charge in [-0.3, -0.25) is 0 Å². The Morgan fingerprint density at radius 2 is 2.00 bits per heavy atom. The Bertz CT molecular complexity index is 422. The molecule has 0 unspecified atom stereocenters. The molecular formula is C13H17NO. The molecular weight excluding hydrogens is 186 g/mol. The van der Waals surface area contributed by atoms with Crippen LogP contribution >= 0.6 is 0 Å². The Kier molecular flexibility index (Phi) is 2.29. The van der Waals surface area contributed by atoms with E-state index in [4.69, 9.17) is 4.42 Å². The average Bonchev–Trinajstić information content (AvgIpc) is 2.52. The minimum Gasteiger partial charge on any atom is -0.444 e. The highest BCUT2D eigenvalue weighted by Gasteiger charge is 2.27. The maximum atomic E-state index is 5.85. The molecule has 2 nitrogen and oxygen atoms in total. The highest BCUT2D eigenvalue weighted by atomic mass is 16.4. The van der Waals surface area contributed by atoms with Crippen LogP contribution in [0.15, 0.2) is 22.6 Å². The summed E-state index contributed by atoms with van der Waals surface area (Å²) in [6, 6.07) is 0. The smallest absolute Gasteiger partial charge is 0.197 e. The molecule has 0 atom stereocenters. The summed E-state index contributed by atoms with van der Waals surface area (Å²) in [6.45, 7) is 8.48. The summed E-state index contributed by atoms with van der Waals surface area (Å²) in [5, 5.41) is 0. The highest BCUT2D eigenvalue weighted by molar-refractivity contribution is 5.54. The van der Waals surface area contributed by atoms with E-state index in [2.05, 4.69) is 38.8 Å². The fourth-order valence-corrected chi connectivity index (χ4v) is 1.69. The summed E-state index contributed by atoms with van der Waals surface area (Å²) in [4.78, 5) is 4.51. The van der Waals surface area contributed by atoms with Gasteiger partial charge < -0.3 is 4.42 Å². The van der Waals surface area contributed by atoms with E-state index in [0.29, 0.717) is 5.92 Å². The third-order valence-corrected chi connectivity index (χ3v) is 2.63. The summed E-state index contributed by atoms with van der Waals surface area (Å²) in [5.74, 6) is 2.13. The van der Waals surface area contributed by atoms with Gasteiger partial charge in [0, 0.05) is 11.3 Å². The topological polar surface area (TPSA) is 26.0 Å². The van der Waals surface area contributed by atoms with Crippen LogP contribution in [0.4, 0.5) is 0 Å². The van der Waals surface area contributed by atoms with Crippen LogP contribution in [0.5, 0.6) is 0 Å². The van der Waals surface area contributed by atoms with Gasteiger partial charge in [0.2, 0.25) is 0 Å². The molecule has 0 radical (unpaired) electrons. The van der Waals surface area contributed by atoms with Crippen LogP contribution in [-0.2, 0) is 5.41 Å². The summed E-state index contributed by atoms with van der Waals surface area (Å²) in [5.41, 5.74) is 0.896. The Morgan fingerprint density at radius 3 is 2.67 bits per heavy atom. The Morgan fingerprint density at radius 1 is 1.27 bits per heavy atom. The fourth-order valence-electron chi connectivity index (χ4n) is 1.69. The second-order valence-electron chi connectivity index (χ2n) is 4.86. The van der Waals surface area contributed by atoms with Crippen molar-refractivity contribution >= 4 is 6.08 Å². The number of allylic oxidation sites excluding steroid dienone is 3. The van der Waals surface area contributed by atoms with Gasteiger partial charge in [-0.05, 0) is 19.9 Å². The van der Waals surface area contributed by atoms with E-state index in [9.17, 15) is 0 Å². The molecule has 1 aliphatic rings. The van der Waals surface area contributed by atoms with Crippen LogP contribution in [0.1, 0.15) is 51.0 Å². The summed E-state index contributed by atoms with van der Waals surface area (Å²) < 4.78 is 5.85. The van der Waals surface area contributed by atoms with Crippen molar-refractivity contribution in [1.29, 1.82) is 0 Å². The van der Waals surface area contributed by atoms with Crippen LogP contribution in [0.3, 0.4) is 0 Å². The van der Waals surface area contributed by atoms with Crippen molar-refractivity contribution in [3.05, 3.63) is 35.6 Å². The first-order valence-corrected chi connectivity index (χ1v) is 5.38. The van der Waals surface area contributed by atoms with Crippen molar-refractivity contribution in [2.45, 2.75) is 39.0 Å². The quantitative estimate of drug-likeness (QED) is 0.696. The van der Waals surface area contributed by atoms with Gasteiger partial charge in [-0.25, -0.2) is 4.98 Å². The molecule has 2 rings (SSSR count). The SMILES string of the molecule is CC(C)c1nc2c(o1)C(C)(C)C=CC=C2. The predicted octanol–water partition coefficient (Wildman–Crippen LogP) is 3.66. The molecule has 0 saturated heterocycles. The van der Waals surface area contributed by atoms with Crippen molar-refractivity contribution in [2.75, 3.05) is 0 Å². The van der Waals surface area contributed by atoms with Gasteiger partial charge in [-0.2, -0.15) is 0 Å². The second kappa shape index (κ2) is 3.37. The van der Waals surface area contributed by atoms with Crippen molar-refractivity contribution in [3.63, 3.8) is 0 Å². The van der Waals surface area contributed by atoms with Gasteiger partial charge in [0.15, 0.2) is 5.89 Å². The van der Waals surface area contributed by atoms with E-state index in [1.165, 1.54) is 0 Å². The molecule has 1 heterocycles. The highest BCUT2D eigenvalue weighted by Crippen LogP contribution is 2.33. The van der Waals surface area contributed by atoms with Crippen LogP contribution in [0, 0.1) is 0 Å². The number of nitrogens with zero attached hydrogens (tertiary/aromatic N) is 1. The Hall–Kier alpha value is -1.31. The first kappa shape index (κ1) is 10.2. The zero-order chi connectivity index (χ0) is 11.1. The lowest BCUT2D eigenvalue weighted by atomic mass is 9.89. The first-order valence-electron chi connectivity index (χ1n) is 5.38. The second-order valence-corrected chi connectivity index (χ2v) is 4.86. The summed E-state index contributed by atoms with van der Waals surface area (Å²) in [6.07, 6.45) is 8.22. The molecule has 1 aromatic rings. The average molecular weight is 203 g/mol. The predicted molar refractivity (Wildman–Crippen MR) is 61.8 cm³/mol. The van der Waals surface area contributed by atoms with Crippen LogP contribution < -0.4 is 0 Å². The molecule has 0 aromatic carbocycles. The molecule has 15 heavy (non-hydrogen) atoms. The van der Waals surface area contributed by atoms with E-state index in [-0.39, 0.29) is 5.41 Å². The Labute approximate surface area is 90.7 Å². The zero-order valence-electron chi connectivity index (χ0n) is 9.74. The van der Waals surface area contributed by atoms with E-state index in [1.807, 2.05) is 18.2 Å². The fraction of sp³-hybridized carbons (Fsp3) is 0.462. The largest absolute Gasteiger partial charge is 0.444 e. The van der Waals surface area contributed by atoms with E-state index in [0.717, 1.165) is 17.3 Å². The van der Waals surface area contributed by atoms with E-state index >= 15 is 0 Å². The lowest BCUT2D eigenvalue weighted by Crippen LogP contribution is -2.13. The van der Waals surface area contributed by atoms with Gasteiger partial charge in [0.05, 0.1) is 0 Å². The van der Waals surface area contributed by atoms with Gasteiger partial charge in [-0.15, -0.1) is 0 Å². The molecule has 0 amide bonds. The first-order chi connectivity index (χ1) is 7.00. The third-order valence-electron chi connectivity index (χ3n) is 2.63. The van der Waals surface area contributed by atoms with Crippen LogP contribution in [0.25, 0.3) is 6.08 Å². The Balaban J connectivity index is 2.54. The summed E-state index contributed by atoms with van der Waals surface area (Å²) >= 11 is 0. The molecule has 0 aliphatic heterocycles. The van der Waals surface area contributed by atoms with Crippen molar-refractivity contribution in [3.8, 4) is 0 Å². The van der Waals surface area contributed by atoms with Gasteiger partial charge in [-0.1, -0.05) is 32.1 Å². The lowest BCUT2D eigenvalue weighted by Gasteiger charge is -2.16. The van der Waals surface area contributed by atoms with E-state index < -0.39 is 0 Å². The van der Waals surface area contributed by atoms with Crippen molar-refractivity contribution < 1.29 is 4.42 Å². The van der Waals surface area contributed by atoms with Gasteiger partial charge >= 0.3 is 0 Å². The van der Waals surface area contributed by atoms with Gasteiger partial charge in [0.25, 0.3) is 0 Å². The molecule has 2 heteroatoms. The molecule has 80 valence electrons. The van der Waals surface area contributed by atoms with Gasteiger partial charge in [0.1, 0.15) is 11.5 Å². The van der Waals surface area contributed by atoms with Crippen molar-refractivity contribution in [1.82, 2.24) is 4.98 Å². The minimum absolute atomic E-state index is 0.0705. The molecule has 1 aromatic heterocycles. The monoisotopic (exact) mass is 203 g/mol. The third kappa shape index (κ3) is 1.76. The van der Waals surface area contributed by atoms with Crippen molar-refractivity contribution in [2.24, 2.45) is 0 Å². The number of fused-ring (bicyclic) bond motifs is 1. The molecule has 0 fully saturated rings. The maximum absolute atomic E-state index is 5.85. The van der Waals surface area contributed by atoms with Crippen LogP contribution in [-0.4, -0.2) is 4.98 Å². The minimum atomic E-state index is -0.0705. The van der Waals surface area contributed by atoms with Crippen LogP contribution in [0.2, 0.25) is 0 Å². The zero-order valence-corrected chi connectivity index (χ0v) is 9.74. The number of oxazole rings is 1. The summed E-state index contributed by atoms with van der Waals surface area (Å²) in [7, 11) is 0. The molecule has 0 N–H and O–H groups in total. The number of rotatable bonds is 1. The number of hydrogen-bond donors (Lipinski definition) is 0. The molecule has 1 aliphatic carbocycles.